The van der Waals surface area contributed by atoms with E-state index in [1.807, 2.05) is 12.1 Å². The van der Waals surface area contributed by atoms with Gasteiger partial charge >= 0.3 is 0 Å². The topological polar surface area (TPSA) is 17.1 Å². The van der Waals surface area contributed by atoms with Crippen LogP contribution in [0.4, 0.5) is 0 Å². The van der Waals surface area contributed by atoms with Crippen LogP contribution < -0.4 is 0 Å². The Hall–Kier alpha value is -1.16. The molecule has 1 saturated carbocycles. The van der Waals surface area contributed by atoms with E-state index in [2.05, 4.69) is 65.9 Å². The molecule has 1 nitrogen and oxygen atoms in total. The summed E-state index contributed by atoms with van der Waals surface area (Å²) in [4.78, 5) is 12.5. The quantitative estimate of drug-likeness (QED) is 0.494. The van der Waals surface area contributed by atoms with E-state index in [4.69, 9.17) is 0 Å². The molecule has 2 aromatic carbocycles. The molecule has 0 spiro atoms. The fourth-order valence-electron chi connectivity index (χ4n) is 3.15. The van der Waals surface area contributed by atoms with Crippen LogP contribution in [-0.4, -0.2) is 5.78 Å². The van der Waals surface area contributed by atoms with Gasteiger partial charge in [0.1, 0.15) is 0 Å². The third-order valence-electron chi connectivity index (χ3n) is 4.41. The van der Waals surface area contributed by atoms with E-state index in [0.29, 0.717) is 11.7 Å². The Morgan fingerprint density at radius 2 is 1.52 bits per heavy atom. The standard InChI is InChI=1S/C19H19IO/c1-13-2-3-17(12-13)19(21)16-6-4-14(5-7-16)15-8-10-18(20)11-9-15/h4-11,13,17H,2-3,12H2,1H3. The van der Waals surface area contributed by atoms with Gasteiger partial charge in [0.25, 0.3) is 0 Å². The van der Waals surface area contributed by atoms with Crippen molar-refractivity contribution in [1.82, 2.24) is 0 Å². The van der Waals surface area contributed by atoms with Gasteiger partial charge in [0.05, 0.1) is 0 Å². The SMILES string of the molecule is CC1CCC(C(=O)c2ccc(-c3ccc(I)cc3)cc2)C1. The molecule has 108 valence electrons. The molecule has 0 amide bonds. The van der Waals surface area contributed by atoms with Crippen LogP contribution in [0.2, 0.25) is 0 Å². The zero-order valence-electron chi connectivity index (χ0n) is 12.2. The molecule has 2 unspecified atom stereocenters. The van der Waals surface area contributed by atoms with E-state index in [-0.39, 0.29) is 5.92 Å². The molecule has 2 atom stereocenters. The first-order valence-corrected chi connectivity index (χ1v) is 8.61. The van der Waals surface area contributed by atoms with Crippen LogP contribution in [0.1, 0.15) is 36.5 Å². The van der Waals surface area contributed by atoms with Crippen LogP contribution in [0, 0.1) is 15.4 Å². The molecule has 0 saturated heterocycles. The number of hydrogen-bond donors (Lipinski definition) is 0. The highest BCUT2D eigenvalue weighted by atomic mass is 127. The Morgan fingerprint density at radius 1 is 0.952 bits per heavy atom. The van der Waals surface area contributed by atoms with Crippen LogP contribution in [0.15, 0.2) is 48.5 Å². The van der Waals surface area contributed by atoms with Crippen molar-refractivity contribution in [2.45, 2.75) is 26.2 Å². The summed E-state index contributed by atoms with van der Waals surface area (Å²) in [6.45, 7) is 2.24. The van der Waals surface area contributed by atoms with Gasteiger partial charge in [0.15, 0.2) is 5.78 Å². The molecule has 0 aliphatic heterocycles. The molecule has 3 rings (SSSR count). The smallest absolute Gasteiger partial charge is 0.165 e. The highest BCUT2D eigenvalue weighted by Gasteiger charge is 2.27. The van der Waals surface area contributed by atoms with Crippen LogP contribution in [0.25, 0.3) is 11.1 Å². The molecular weight excluding hydrogens is 371 g/mol. The maximum atomic E-state index is 12.5. The number of carbonyl (C=O) groups is 1. The van der Waals surface area contributed by atoms with Crippen molar-refractivity contribution in [3.05, 3.63) is 57.7 Å². The summed E-state index contributed by atoms with van der Waals surface area (Å²) in [5.74, 6) is 1.27. The number of Topliss-reactive ketones (excluding diaryl/α,β-unsaturated/α-hetero) is 1. The highest BCUT2D eigenvalue weighted by Crippen LogP contribution is 2.33. The Bertz CT molecular complexity index is 628. The Morgan fingerprint density at radius 3 is 2.05 bits per heavy atom. The second-order valence-electron chi connectivity index (χ2n) is 6.06. The van der Waals surface area contributed by atoms with Gasteiger partial charge in [-0.2, -0.15) is 0 Å². The lowest BCUT2D eigenvalue weighted by atomic mass is 9.94. The van der Waals surface area contributed by atoms with Crippen molar-refractivity contribution in [3.8, 4) is 11.1 Å². The monoisotopic (exact) mass is 390 g/mol. The number of halogens is 1. The number of ketones is 1. The summed E-state index contributed by atoms with van der Waals surface area (Å²) in [6, 6.07) is 16.6. The lowest BCUT2D eigenvalue weighted by Gasteiger charge is -2.09. The summed E-state index contributed by atoms with van der Waals surface area (Å²) in [7, 11) is 0. The fraction of sp³-hybridized carbons (Fsp3) is 0.316. The van der Waals surface area contributed by atoms with Gasteiger partial charge in [0.2, 0.25) is 0 Å². The maximum Gasteiger partial charge on any atom is 0.165 e. The van der Waals surface area contributed by atoms with Crippen LogP contribution in [0.5, 0.6) is 0 Å². The van der Waals surface area contributed by atoms with Crippen LogP contribution >= 0.6 is 22.6 Å². The lowest BCUT2D eigenvalue weighted by Crippen LogP contribution is -2.11. The molecular formula is C19H19IO. The molecule has 2 heteroatoms. The lowest BCUT2D eigenvalue weighted by molar-refractivity contribution is 0.0920. The van der Waals surface area contributed by atoms with Crippen LogP contribution in [0.3, 0.4) is 0 Å². The van der Waals surface area contributed by atoms with Crippen molar-refractivity contribution in [1.29, 1.82) is 0 Å². The van der Waals surface area contributed by atoms with Gasteiger partial charge in [-0.05, 0) is 71.0 Å². The highest BCUT2D eigenvalue weighted by molar-refractivity contribution is 14.1. The zero-order valence-corrected chi connectivity index (χ0v) is 14.3. The first-order valence-electron chi connectivity index (χ1n) is 7.53. The Kier molecular flexibility index (Phi) is 4.43. The Labute approximate surface area is 139 Å². The van der Waals surface area contributed by atoms with Gasteiger partial charge in [-0.1, -0.05) is 43.3 Å². The number of carbonyl (C=O) groups excluding carboxylic acids is 1. The summed E-state index contributed by atoms with van der Waals surface area (Å²) in [6.07, 6.45) is 3.30. The van der Waals surface area contributed by atoms with Crippen LogP contribution in [-0.2, 0) is 0 Å². The number of hydrogen-bond acceptors (Lipinski definition) is 1. The summed E-state index contributed by atoms with van der Waals surface area (Å²) in [5.41, 5.74) is 3.23. The molecule has 1 fully saturated rings. The molecule has 0 heterocycles. The second kappa shape index (κ2) is 6.30. The van der Waals surface area contributed by atoms with Crippen molar-refractivity contribution in [2.24, 2.45) is 11.8 Å². The first-order chi connectivity index (χ1) is 10.1. The largest absolute Gasteiger partial charge is 0.294 e. The molecule has 21 heavy (non-hydrogen) atoms. The summed E-state index contributed by atoms with van der Waals surface area (Å²) < 4.78 is 1.23. The van der Waals surface area contributed by atoms with E-state index in [0.717, 1.165) is 18.4 Å². The predicted octanol–water partition coefficient (Wildman–Crippen LogP) is 5.58. The van der Waals surface area contributed by atoms with E-state index in [9.17, 15) is 4.79 Å². The molecule has 0 radical (unpaired) electrons. The van der Waals surface area contributed by atoms with Crippen molar-refractivity contribution < 1.29 is 4.79 Å². The van der Waals surface area contributed by atoms with Gasteiger partial charge in [-0.15, -0.1) is 0 Å². The van der Waals surface area contributed by atoms with E-state index in [1.165, 1.54) is 21.1 Å². The Balaban J connectivity index is 1.77. The fourth-order valence-corrected chi connectivity index (χ4v) is 3.51. The normalized spacial score (nSPS) is 21.4. The zero-order chi connectivity index (χ0) is 14.8. The first kappa shape index (κ1) is 14.8. The molecule has 1 aliphatic rings. The molecule has 1 aliphatic carbocycles. The molecule has 0 bridgehead atoms. The van der Waals surface area contributed by atoms with Crippen molar-refractivity contribution in [2.75, 3.05) is 0 Å². The number of benzene rings is 2. The van der Waals surface area contributed by atoms with Gasteiger partial charge in [-0.25, -0.2) is 0 Å². The van der Waals surface area contributed by atoms with Crippen molar-refractivity contribution in [3.63, 3.8) is 0 Å². The van der Waals surface area contributed by atoms with E-state index >= 15 is 0 Å². The van der Waals surface area contributed by atoms with Gasteiger partial charge in [-0.3, -0.25) is 4.79 Å². The van der Waals surface area contributed by atoms with Gasteiger partial charge in [0, 0.05) is 15.1 Å². The minimum absolute atomic E-state index is 0.240. The minimum Gasteiger partial charge on any atom is -0.294 e. The third-order valence-corrected chi connectivity index (χ3v) is 5.13. The summed E-state index contributed by atoms with van der Waals surface area (Å²) in [5, 5.41) is 0. The molecule has 0 N–H and O–H groups in total. The second-order valence-corrected chi connectivity index (χ2v) is 7.31. The minimum atomic E-state index is 0.240. The van der Waals surface area contributed by atoms with E-state index < -0.39 is 0 Å². The third kappa shape index (κ3) is 3.37. The average Bonchev–Trinajstić information content (AvgIpc) is 2.94. The predicted molar refractivity (Wildman–Crippen MR) is 95.4 cm³/mol. The maximum absolute atomic E-state index is 12.5. The molecule has 2 aromatic rings. The summed E-state index contributed by atoms with van der Waals surface area (Å²) >= 11 is 2.31. The number of rotatable bonds is 3. The van der Waals surface area contributed by atoms with Gasteiger partial charge < -0.3 is 0 Å². The van der Waals surface area contributed by atoms with Crippen molar-refractivity contribution >= 4 is 28.4 Å². The molecule has 0 aromatic heterocycles. The average molecular weight is 390 g/mol. The van der Waals surface area contributed by atoms with E-state index in [1.54, 1.807) is 0 Å².